The van der Waals surface area contributed by atoms with Crippen molar-refractivity contribution in [2.45, 2.75) is 45.2 Å². The van der Waals surface area contributed by atoms with Crippen molar-refractivity contribution in [2.24, 2.45) is 0 Å². The van der Waals surface area contributed by atoms with Gasteiger partial charge in [0.15, 0.2) is 0 Å². The molecule has 0 aliphatic rings. The molecular weight excluding hydrogens is 436 g/mol. The second-order valence-electron chi connectivity index (χ2n) is 7.54. The monoisotopic (exact) mass is 466 g/mol. The quantitative estimate of drug-likeness (QED) is 0.425. The molecule has 0 aliphatic heterocycles. The van der Waals surface area contributed by atoms with E-state index in [1.54, 1.807) is 33.8 Å². The van der Waals surface area contributed by atoms with E-state index < -0.39 is 0 Å². The van der Waals surface area contributed by atoms with Gasteiger partial charge in [-0.1, -0.05) is 43.3 Å². The minimum Gasteiger partial charge on any atom is -0.339 e. The maximum absolute atomic E-state index is 12.6. The first-order chi connectivity index (χ1) is 16.0. The van der Waals surface area contributed by atoms with E-state index >= 15 is 0 Å². The van der Waals surface area contributed by atoms with Gasteiger partial charge in [-0.25, -0.2) is 0 Å². The van der Waals surface area contributed by atoms with Crippen LogP contribution < -0.4 is 5.32 Å². The molecule has 0 atom stereocenters. The molecule has 1 N–H and O–H groups in total. The lowest BCUT2D eigenvalue weighted by Gasteiger charge is -2.19. The van der Waals surface area contributed by atoms with Crippen molar-refractivity contribution < 1.29 is 9.59 Å². The lowest BCUT2D eigenvalue weighted by Crippen LogP contribution is -2.30. The maximum Gasteiger partial charge on any atom is 0.253 e. The highest BCUT2D eigenvalue weighted by atomic mass is 32.2. The number of anilines is 1. The summed E-state index contributed by atoms with van der Waals surface area (Å²) >= 11 is 1.26. The Bertz CT molecular complexity index is 1060. The summed E-state index contributed by atoms with van der Waals surface area (Å²) in [6.45, 7) is 7.34. The van der Waals surface area contributed by atoms with Crippen molar-refractivity contribution in [3.05, 3.63) is 59.7 Å². The van der Waals surface area contributed by atoms with Crippen molar-refractivity contribution in [2.75, 3.05) is 24.2 Å². The van der Waals surface area contributed by atoms with Crippen LogP contribution in [0.5, 0.6) is 0 Å². The normalized spacial score (nSPS) is 10.8. The van der Waals surface area contributed by atoms with Crippen LogP contribution in [0.1, 0.15) is 49.5 Å². The van der Waals surface area contributed by atoms with Gasteiger partial charge in [0.05, 0.1) is 11.4 Å². The van der Waals surface area contributed by atoms with Gasteiger partial charge < -0.3 is 10.2 Å². The molecule has 0 aliphatic carbocycles. The maximum atomic E-state index is 12.6. The standard InChI is InChI=1S/C24H30N6O2S/c1-4-7-9-18-12-14-21(15-13-18)30-24(26-27-28-30)33-17-22(31)25-20-11-8-10-19(16-20)23(32)29(5-2)6-3/h8,10-16H,4-7,9,17H2,1-3H3,(H,25,31). The van der Waals surface area contributed by atoms with Crippen molar-refractivity contribution in [3.8, 4) is 5.69 Å². The summed E-state index contributed by atoms with van der Waals surface area (Å²) in [4.78, 5) is 26.8. The number of nitrogens with one attached hydrogen (secondary N) is 1. The van der Waals surface area contributed by atoms with Gasteiger partial charge >= 0.3 is 0 Å². The van der Waals surface area contributed by atoms with E-state index in [-0.39, 0.29) is 17.6 Å². The molecule has 0 radical (unpaired) electrons. The molecule has 2 amide bonds. The van der Waals surface area contributed by atoms with E-state index in [2.05, 4.69) is 39.9 Å². The van der Waals surface area contributed by atoms with E-state index in [9.17, 15) is 9.59 Å². The molecule has 3 aromatic rings. The Morgan fingerprint density at radius 2 is 1.82 bits per heavy atom. The Morgan fingerprint density at radius 3 is 2.52 bits per heavy atom. The van der Waals surface area contributed by atoms with Crippen LogP contribution in [-0.4, -0.2) is 55.8 Å². The van der Waals surface area contributed by atoms with Crippen LogP contribution in [0.2, 0.25) is 0 Å². The number of benzene rings is 2. The van der Waals surface area contributed by atoms with Crippen molar-refractivity contribution in [1.82, 2.24) is 25.1 Å². The number of unbranched alkanes of at least 4 members (excludes halogenated alkanes) is 1. The summed E-state index contributed by atoms with van der Waals surface area (Å²) in [5.41, 5.74) is 3.27. The SMILES string of the molecule is CCCCc1ccc(-n2nnnc2SCC(=O)Nc2cccc(C(=O)N(CC)CC)c2)cc1. The Balaban J connectivity index is 1.60. The smallest absolute Gasteiger partial charge is 0.253 e. The van der Waals surface area contributed by atoms with E-state index in [1.165, 1.54) is 17.3 Å². The zero-order valence-electron chi connectivity index (χ0n) is 19.3. The zero-order chi connectivity index (χ0) is 23.6. The summed E-state index contributed by atoms with van der Waals surface area (Å²) < 4.78 is 1.63. The first-order valence-electron chi connectivity index (χ1n) is 11.2. The number of rotatable bonds is 11. The van der Waals surface area contributed by atoms with Crippen LogP contribution in [-0.2, 0) is 11.2 Å². The van der Waals surface area contributed by atoms with Gasteiger partial charge in [-0.15, -0.1) is 5.10 Å². The van der Waals surface area contributed by atoms with Gasteiger partial charge in [-0.05, 0) is 73.0 Å². The highest BCUT2D eigenvalue weighted by molar-refractivity contribution is 7.99. The predicted octanol–water partition coefficient (Wildman–Crippen LogP) is 4.22. The fraction of sp³-hybridized carbons (Fsp3) is 0.375. The summed E-state index contributed by atoms with van der Waals surface area (Å²) in [5.74, 6) is -0.106. The molecule has 0 spiro atoms. The van der Waals surface area contributed by atoms with Gasteiger partial charge in [-0.2, -0.15) is 4.68 Å². The lowest BCUT2D eigenvalue weighted by molar-refractivity contribution is -0.113. The van der Waals surface area contributed by atoms with E-state index in [0.29, 0.717) is 29.5 Å². The topological polar surface area (TPSA) is 93.0 Å². The predicted molar refractivity (Wildman–Crippen MR) is 131 cm³/mol. The number of carbonyl (C=O) groups excluding carboxylic acids is 2. The van der Waals surface area contributed by atoms with Crippen molar-refractivity contribution >= 4 is 29.3 Å². The fourth-order valence-corrected chi connectivity index (χ4v) is 4.06. The molecule has 174 valence electrons. The minimum atomic E-state index is -0.197. The number of hydrogen-bond donors (Lipinski definition) is 1. The molecule has 0 unspecified atom stereocenters. The second kappa shape index (κ2) is 12.2. The van der Waals surface area contributed by atoms with Crippen LogP contribution in [0.4, 0.5) is 5.69 Å². The molecule has 0 saturated carbocycles. The molecule has 0 saturated heterocycles. The molecule has 9 heteroatoms. The van der Waals surface area contributed by atoms with Crippen LogP contribution in [0.15, 0.2) is 53.7 Å². The average Bonchev–Trinajstić information content (AvgIpc) is 3.31. The van der Waals surface area contributed by atoms with Crippen molar-refractivity contribution in [1.29, 1.82) is 0 Å². The number of carbonyl (C=O) groups is 2. The van der Waals surface area contributed by atoms with Gasteiger partial charge in [-0.3, -0.25) is 9.59 Å². The van der Waals surface area contributed by atoms with Crippen LogP contribution in [0.25, 0.3) is 5.69 Å². The zero-order valence-corrected chi connectivity index (χ0v) is 20.1. The number of thioether (sulfide) groups is 1. The number of tetrazole rings is 1. The largest absolute Gasteiger partial charge is 0.339 e. The number of amides is 2. The number of aromatic nitrogens is 4. The molecule has 2 aromatic carbocycles. The summed E-state index contributed by atoms with van der Waals surface area (Å²) in [6, 6.07) is 15.1. The molecule has 8 nitrogen and oxygen atoms in total. The number of nitrogens with zero attached hydrogens (tertiary/aromatic N) is 5. The summed E-state index contributed by atoms with van der Waals surface area (Å²) in [6.07, 6.45) is 3.37. The third-order valence-electron chi connectivity index (χ3n) is 5.22. The van der Waals surface area contributed by atoms with E-state index in [4.69, 9.17) is 0 Å². The molecule has 1 heterocycles. The summed E-state index contributed by atoms with van der Waals surface area (Å²) in [7, 11) is 0. The van der Waals surface area contributed by atoms with Crippen molar-refractivity contribution in [3.63, 3.8) is 0 Å². The molecular formula is C24H30N6O2S. The minimum absolute atomic E-state index is 0.0506. The average molecular weight is 467 g/mol. The van der Waals surface area contributed by atoms with Gasteiger partial charge in [0.25, 0.3) is 5.91 Å². The van der Waals surface area contributed by atoms with Gasteiger partial charge in [0.1, 0.15) is 0 Å². The molecule has 1 aromatic heterocycles. The first kappa shape index (κ1) is 24.4. The molecule has 33 heavy (non-hydrogen) atoms. The fourth-order valence-electron chi connectivity index (χ4n) is 3.37. The van der Waals surface area contributed by atoms with Gasteiger partial charge in [0.2, 0.25) is 11.1 Å². The Labute approximate surface area is 198 Å². The second-order valence-corrected chi connectivity index (χ2v) is 8.48. The third kappa shape index (κ3) is 6.64. The first-order valence-corrected chi connectivity index (χ1v) is 12.2. The number of hydrogen-bond acceptors (Lipinski definition) is 6. The molecule has 0 bridgehead atoms. The van der Waals surface area contributed by atoms with Crippen LogP contribution in [0, 0.1) is 0 Å². The van der Waals surface area contributed by atoms with Crippen LogP contribution in [0.3, 0.4) is 0 Å². The highest BCUT2D eigenvalue weighted by Gasteiger charge is 2.15. The summed E-state index contributed by atoms with van der Waals surface area (Å²) in [5, 5.41) is 15.3. The number of aryl methyl sites for hydroxylation is 1. The van der Waals surface area contributed by atoms with E-state index in [0.717, 1.165) is 24.9 Å². The Kier molecular flexibility index (Phi) is 9.00. The van der Waals surface area contributed by atoms with Gasteiger partial charge in [0, 0.05) is 24.3 Å². The van der Waals surface area contributed by atoms with E-state index in [1.807, 2.05) is 26.0 Å². The molecule has 0 fully saturated rings. The highest BCUT2D eigenvalue weighted by Crippen LogP contribution is 2.20. The lowest BCUT2D eigenvalue weighted by atomic mass is 10.1. The Hall–Kier alpha value is -3.20. The Morgan fingerprint density at radius 1 is 1.06 bits per heavy atom. The third-order valence-corrected chi connectivity index (χ3v) is 6.14. The molecule has 3 rings (SSSR count). The van der Waals surface area contributed by atoms with Crippen LogP contribution >= 0.6 is 11.8 Å².